The van der Waals surface area contributed by atoms with E-state index < -0.39 is 0 Å². The highest BCUT2D eigenvalue weighted by Gasteiger charge is 2.04. The summed E-state index contributed by atoms with van der Waals surface area (Å²) in [4.78, 5) is 11.0. The van der Waals surface area contributed by atoms with E-state index in [2.05, 4.69) is 15.9 Å². The number of Topliss-reactive ketones (excluding diaryl/α,β-unsaturated/α-hetero) is 1. The van der Waals surface area contributed by atoms with E-state index >= 15 is 0 Å². The molecule has 0 spiro atoms. The Balaban J connectivity index is 2.88. The zero-order valence-electron chi connectivity index (χ0n) is 7.26. The average Bonchev–Trinajstić information content (AvgIpc) is 2.18. The van der Waals surface area contributed by atoms with Gasteiger partial charge < -0.3 is 0 Å². The zero-order chi connectivity index (χ0) is 10.6. The Morgan fingerprint density at radius 2 is 2.29 bits per heavy atom. The van der Waals surface area contributed by atoms with Crippen molar-refractivity contribution in [2.24, 2.45) is 0 Å². The molecular formula is C10H7BrClNO. The van der Waals surface area contributed by atoms with Gasteiger partial charge >= 0.3 is 0 Å². The number of rotatable bonds is 3. The maximum atomic E-state index is 11.0. The third-order valence-corrected chi connectivity index (χ3v) is 2.66. The van der Waals surface area contributed by atoms with E-state index in [1.165, 1.54) is 0 Å². The molecule has 0 radical (unpaired) electrons. The summed E-state index contributed by atoms with van der Waals surface area (Å²) in [6, 6.07) is 7.24. The number of benzene rings is 1. The third kappa shape index (κ3) is 2.83. The Morgan fingerprint density at radius 1 is 1.57 bits per heavy atom. The SMILES string of the molecule is N#Cc1ccc(CC(=O)CCl)cc1Br. The second kappa shape index (κ2) is 5.14. The molecule has 1 aromatic carbocycles. The van der Waals surface area contributed by atoms with Gasteiger partial charge in [0.05, 0.1) is 11.4 Å². The molecule has 0 aliphatic rings. The lowest BCUT2D eigenvalue weighted by Gasteiger charge is -2.00. The van der Waals surface area contributed by atoms with E-state index in [1.54, 1.807) is 18.2 Å². The van der Waals surface area contributed by atoms with Crippen LogP contribution in [0.4, 0.5) is 0 Å². The number of hydrogen-bond donors (Lipinski definition) is 0. The largest absolute Gasteiger partial charge is 0.298 e. The molecule has 0 unspecified atom stereocenters. The molecule has 1 rings (SSSR count). The molecule has 0 saturated carbocycles. The van der Waals surface area contributed by atoms with Crippen molar-refractivity contribution in [1.29, 1.82) is 5.26 Å². The molecule has 0 N–H and O–H groups in total. The number of ketones is 1. The van der Waals surface area contributed by atoms with Crippen LogP contribution < -0.4 is 0 Å². The van der Waals surface area contributed by atoms with Crippen molar-refractivity contribution >= 4 is 33.3 Å². The van der Waals surface area contributed by atoms with Gasteiger partial charge in [0.25, 0.3) is 0 Å². The summed E-state index contributed by atoms with van der Waals surface area (Å²) in [6.45, 7) is 0. The van der Waals surface area contributed by atoms with E-state index in [4.69, 9.17) is 16.9 Å². The van der Waals surface area contributed by atoms with E-state index in [0.717, 1.165) is 5.56 Å². The van der Waals surface area contributed by atoms with Gasteiger partial charge in [0, 0.05) is 10.9 Å². The Morgan fingerprint density at radius 3 is 2.79 bits per heavy atom. The molecule has 1 aromatic rings. The van der Waals surface area contributed by atoms with E-state index in [9.17, 15) is 4.79 Å². The minimum Gasteiger partial charge on any atom is -0.298 e. The minimum atomic E-state index is -0.0247. The summed E-state index contributed by atoms with van der Waals surface area (Å²) in [5, 5.41) is 8.67. The van der Waals surface area contributed by atoms with Crippen molar-refractivity contribution in [2.75, 3.05) is 5.88 Å². The highest BCUT2D eigenvalue weighted by atomic mass is 79.9. The topological polar surface area (TPSA) is 40.9 Å². The number of nitriles is 1. The molecule has 0 amide bonds. The van der Waals surface area contributed by atoms with E-state index in [1.807, 2.05) is 6.07 Å². The molecule has 0 aliphatic carbocycles. The lowest BCUT2D eigenvalue weighted by molar-refractivity contribution is -0.116. The Bertz CT molecular complexity index is 398. The molecule has 0 heterocycles. The molecule has 72 valence electrons. The van der Waals surface area contributed by atoms with Crippen molar-refractivity contribution in [3.63, 3.8) is 0 Å². The molecular weight excluding hydrogens is 265 g/mol. The summed E-state index contributed by atoms with van der Waals surface area (Å²) < 4.78 is 0.708. The van der Waals surface area contributed by atoms with Crippen molar-refractivity contribution < 1.29 is 4.79 Å². The summed E-state index contributed by atoms with van der Waals surface area (Å²) in [5.41, 5.74) is 1.42. The van der Waals surface area contributed by atoms with Crippen LogP contribution in [0.25, 0.3) is 0 Å². The fraction of sp³-hybridized carbons (Fsp3) is 0.200. The highest BCUT2D eigenvalue weighted by molar-refractivity contribution is 9.10. The van der Waals surface area contributed by atoms with Crippen molar-refractivity contribution in [3.05, 3.63) is 33.8 Å². The summed E-state index contributed by atoms with van der Waals surface area (Å²) >= 11 is 8.64. The lowest BCUT2D eigenvalue weighted by atomic mass is 10.1. The highest BCUT2D eigenvalue weighted by Crippen LogP contribution is 2.18. The van der Waals surface area contributed by atoms with Crippen LogP contribution in [-0.2, 0) is 11.2 Å². The smallest absolute Gasteiger partial charge is 0.151 e. The zero-order valence-corrected chi connectivity index (χ0v) is 9.60. The van der Waals surface area contributed by atoms with Gasteiger partial charge in [-0.1, -0.05) is 6.07 Å². The van der Waals surface area contributed by atoms with Gasteiger partial charge in [-0.15, -0.1) is 11.6 Å². The summed E-state index contributed by atoms with van der Waals surface area (Å²) in [6.07, 6.45) is 0.313. The second-order valence-electron chi connectivity index (χ2n) is 2.78. The summed E-state index contributed by atoms with van der Waals surface area (Å²) in [5.74, 6) is 0.000671. The van der Waals surface area contributed by atoms with Crippen LogP contribution in [-0.4, -0.2) is 11.7 Å². The first kappa shape index (κ1) is 11.2. The number of halogens is 2. The van der Waals surface area contributed by atoms with Gasteiger partial charge in [0.2, 0.25) is 0 Å². The van der Waals surface area contributed by atoms with E-state index in [0.29, 0.717) is 16.5 Å². The fourth-order valence-electron chi connectivity index (χ4n) is 1.03. The molecule has 2 nitrogen and oxygen atoms in total. The van der Waals surface area contributed by atoms with Gasteiger partial charge in [-0.3, -0.25) is 4.79 Å². The number of alkyl halides is 1. The summed E-state index contributed by atoms with van der Waals surface area (Å²) in [7, 11) is 0. The van der Waals surface area contributed by atoms with Crippen LogP contribution in [0.3, 0.4) is 0 Å². The number of nitrogens with zero attached hydrogens (tertiary/aromatic N) is 1. The average molecular weight is 273 g/mol. The number of carbonyl (C=O) groups is 1. The molecule has 0 saturated heterocycles. The van der Waals surface area contributed by atoms with Crippen LogP contribution in [0.1, 0.15) is 11.1 Å². The van der Waals surface area contributed by atoms with Crippen molar-refractivity contribution in [3.8, 4) is 6.07 Å². The molecule has 14 heavy (non-hydrogen) atoms. The fourth-order valence-corrected chi connectivity index (χ4v) is 1.64. The first-order chi connectivity index (χ1) is 6.67. The van der Waals surface area contributed by atoms with Gasteiger partial charge in [0.15, 0.2) is 5.78 Å². The first-order valence-corrected chi connectivity index (χ1v) is 5.26. The Labute approximate surface area is 95.6 Å². The molecule has 0 atom stereocenters. The molecule has 4 heteroatoms. The van der Waals surface area contributed by atoms with Gasteiger partial charge in [0.1, 0.15) is 6.07 Å². The normalized spacial score (nSPS) is 9.50. The maximum absolute atomic E-state index is 11.0. The second-order valence-corrected chi connectivity index (χ2v) is 3.90. The van der Waals surface area contributed by atoms with Crippen LogP contribution in [0.2, 0.25) is 0 Å². The monoisotopic (exact) mass is 271 g/mol. The minimum absolute atomic E-state index is 0.0247. The number of hydrogen-bond acceptors (Lipinski definition) is 2. The predicted molar refractivity (Wildman–Crippen MR) is 58.3 cm³/mol. The molecule has 0 bridgehead atoms. The third-order valence-electron chi connectivity index (χ3n) is 1.70. The maximum Gasteiger partial charge on any atom is 0.151 e. The Kier molecular flexibility index (Phi) is 4.12. The van der Waals surface area contributed by atoms with Gasteiger partial charge in [-0.25, -0.2) is 0 Å². The van der Waals surface area contributed by atoms with Crippen molar-refractivity contribution in [1.82, 2.24) is 0 Å². The Hall–Kier alpha value is -0.850. The standard InChI is InChI=1S/C10H7BrClNO/c11-10-4-7(3-9(14)5-12)1-2-8(10)6-13/h1-2,4H,3,5H2. The molecule has 0 aliphatic heterocycles. The quantitative estimate of drug-likeness (QED) is 0.794. The van der Waals surface area contributed by atoms with Gasteiger partial charge in [-0.2, -0.15) is 5.26 Å². The van der Waals surface area contributed by atoms with E-state index in [-0.39, 0.29) is 11.7 Å². The molecule has 0 fully saturated rings. The predicted octanol–water partition coefficient (Wildman–Crippen LogP) is 2.67. The van der Waals surface area contributed by atoms with Crippen molar-refractivity contribution in [2.45, 2.75) is 6.42 Å². The van der Waals surface area contributed by atoms with Crippen LogP contribution >= 0.6 is 27.5 Å². The van der Waals surface area contributed by atoms with Crippen LogP contribution in [0.5, 0.6) is 0 Å². The number of carbonyl (C=O) groups excluding carboxylic acids is 1. The molecule has 0 aromatic heterocycles. The first-order valence-electron chi connectivity index (χ1n) is 3.93. The van der Waals surface area contributed by atoms with Gasteiger partial charge in [-0.05, 0) is 33.6 Å². The lowest BCUT2D eigenvalue weighted by Crippen LogP contribution is -2.03. The van der Waals surface area contributed by atoms with Crippen LogP contribution in [0.15, 0.2) is 22.7 Å². The van der Waals surface area contributed by atoms with Crippen LogP contribution in [0, 0.1) is 11.3 Å².